The van der Waals surface area contributed by atoms with Crippen LogP contribution in [-0.2, 0) is 6.42 Å². The van der Waals surface area contributed by atoms with Gasteiger partial charge in [0.1, 0.15) is 5.75 Å². The first kappa shape index (κ1) is 20.3. The van der Waals surface area contributed by atoms with Crippen LogP contribution in [0.5, 0.6) is 5.75 Å². The van der Waals surface area contributed by atoms with Gasteiger partial charge >= 0.3 is 0 Å². The van der Waals surface area contributed by atoms with Crippen LogP contribution in [0.1, 0.15) is 27.8 Å². The highest BCUT2D eigenvalue weighted by Gasteiger charge is 2.17. The third-order valence-electron chi connectivity index (χ3n) is 5.46. The van der Waals surface area contributed by atoms with E-state index in [2.05, 4.69) is 48.6 Å². The molecule has 3 heteroatoms. The van der Waals surface area contributed by atoms with Crippen molar-refractivity contribution < 1.29 is 4.74 Å². The van der Waals surface area contributed by atoms with Crippen molar-refractivity contribution in [1.82, 2.24) is 0 Å². The highest BCUT2D eigenvalue weighted by molar-refractivity contribution is 6.30. The van der Waals surface area contributed by atoms with Crippen molar-refractivity contribution in [2.24, 2.45) is 4.99 Å². The Hall–Kier alpha value is -3.62. The molecule has 0 amide bonds. The Balaban J connectivity index is 1.59. The topological polar surface area (TPSA) is 21.6 Å². The predicted molar refractivity (Wildman–Crippen MR) is 134 cm³/mol. The molecule has 0 radical (unpaired) electrons. The lowest BCUT2D eigenvalue weighted by atomic mass is 10.0. The molecule has 1 heterocycles. The Morgan fingerprint density at radius 3 is 2.09 bits per heavy atom. The number of benzene rings is 4. The number of rotatable bonds is 5. The van der Waals surface area contributed by atoms with Crippen molar-refractivity contribution in [3.8, 4) is 5.75 Å². The van der Waals surface area contributed by atoms with Crippen LogP contribution >= 0.6 is 11.6 Å². The number of hydrogen-bond donors (Lipinski definition) is 0. The van der Waals surface area contributed by atoms with Crippen LogP contribution in [0.25, 0.3) is 12.2 Å². The molecular formula is C29H22ClNO. The smallest absolute Gasteiger partial charge is 0.129 e. The number of aliphatic imine (C=N–C) groups is 1. The second-order valence-corrected chi connectivity index (χ2v) is 8.14. The summed E-state index contributed by atoms with van der Waals surface area (Å²) < 4.78 is 5.95. The second kappa shape index (κ2) is 9.25. The van der Waals surface area contributed by atoms with Crippen molar-refractivity contribution in [2.45, 2.75) is 6.42 Å². The number of ether oxygens (including phenoxy) is 1. The average molecular weight is 436 g/mol. The van der Waals surface area contributed by atoms with Crippen molar-refractivity contribution in [3.05, 3.63) is 130 Å². The number of nitrogens with zero attached hydrogens (tertiary/aromatic N) is 1. The van der Waals surface area contributed by atoms with Gasteiger partial charge in [-0.25, -0.2) is 4.99 Å². The highest BCUT2D eigenvalue weighted by Crippen LogP contribution is 2.35. The zero-order chi connectivity index (χ0) is 21.8. The lowest BCUT2D eigenvalue weighted by Gasteiger charge is -2.10. The standard InChI is InChI=1S/C29H22ClNO/c30-26-15-12-21(13-16-26)11-14-24-19-27(20-25-17-18-32-29(24)25)31-28(22-7-3-1-4-8-22)23-9-5-2-6-10-23/h1-16,19-20H,17-18H2. The molecular weight excluding hydrogens is 414 g/mol. The molecule has 0 unspecified atom stereocenters. The van der Waals surface area contributed by atoms with E-state index in [0.29, 0.717) is 6.61 Å². The van der Waals surface area contributed by atoms with Crippen LogP contribution in [-0.4, -0.2) is 12.3 Å². The number of halogens is 1. The van der Waals surface area contributed by atoms with Gasteiger partial charge in [-0.2, -0.15) is 0 Å². The van der Waals surface area contributed by atoms with E-state index in [4.69, 9.17) is 21.3 Å². The summed E-state index contributed by atoms with van der Waals surface area (Å²) in [5, 5.41) is 0.733. The van der Waals surface area contributed by atoms with Crippen molar-refractivity contribution in [1.29, 1.82) is 0 Å². The van der Waals surface area contributed by atoms with Gasteiger partial charge in [0, 0.05) is 33.7 Å². The maximum atomic E-state index is 6.02. The zero-order valence-electron chi connectivity index (χ0n) is 17.5. The van der Waals surface area contributed by atoms with E-state index < -0.39 is 0 Å². The summed E-state index contributed by atoms with van der Waals surface area (Å²) >= 11 is 6.02. The first-order chi connectivity index (χ1) is 15.8. The predicted octanol–water partition coefficient (Wildman–Crippen LogP) is 7.61. The van der Waals surface area contributed by atoms with E-state index >= 15 is 0 Å². The van der Waals surface area contributed by atoms with Gasteiger partial charge in [0.2, 0.25) is 0 Å². The molecule has 0 atom stereocenters. The first-order valence-electron chi connectivity index (χ1n) is 10.7. The minimum atomic E-state index is 0.703. The van der Waals surface area contributed by atoms with Gasteiger partial charge < -0.3 is 4.74 Å². The second-order valence-electron chi connectivity index (χ2n) is 7.70. The summed E-state index contributed by atoms with van der Waals surface area (Å²) in [5.74, 6) is 0.954. The van der Waals surface area contributed by atoms with Crippen LogP contribution < -0.4 is 4.74 Å². The lowest BCUT2D eigenvalue weighted by Crippen LogP contribution is -2.02. The van der Waals surface area contributed by atoms with Gasteiger partial charge in [0.05, 0.1) is 18.0 Å². The maximum absolute atomic E-state index is 6.02. The Kier molecular flexibility index (Phi) is 5.87. The van der Waals surface area contributed by atoms with Gasteiger partial charge in [-0.1, -0.05) is 96.5 Å². The lowest BCUT2D eigenvalue weighted by molar-refractivity contribution is 0.356. The highest BCUT2D eigenvalue weighted by atomic mass is 35.5. The van der Waals surface area contributed by atoms with E-state index in [0.717, 1.165) is 50.8 Å². The molecule has 2 nitrogen and oxygen atoms in total. The molecule has 156 valence electrons. The minimum Gasteiger partial charge on any atom is -0.492 e. The van der Waals surface area contributed by atoms with Crippen LogP contribution in [0.2, 0.25) is 5.02 Å². The van der Waals surface area contributed by atoms with Crippen LogP contribution in [0.15, 0.2) is 102 Å². The molecule has 0 saturated carbocycles. The fourth-order valence-electron chi connectivity index (χ4n) is 3.89. The van der Waals surface area contributed by atoms with Crippen molar-refractivity contribution >= 4 is 35.2 Å². The zero-order valence-corrected chi connectivity index (χ0v) is 18.3. The van der Waals surface area contributed by atoms with Crippen molar-refractivity contribution in [3.63, 3.8) is 0 Å². The monoisotopic (exact) mass is 435 g/mol. The van der Waals surface area contributed by atoms with E-state index in [1.54, 1.807) is 0 Å². The summed E-state index contributed by atoms with van der Waals surface area (Å²) in [6, 6.07) is 32.7. The van der Waals surface area contributed by atoms with E-state index in [-0.39, 0.29) is 0 Å². The Morgan fingerprint density at radius 1 is 0.781 bits per heavy atom. The molecule has 0 N–H and O–H groups in total. The fraction of sp³-hybridized carbons (Fsp3) is 0.0690. The van der Waals surface area contributed by atoms with Crippen LogP contribution in [0.4, 0.5) is 5.69 Å². The first-order valence-corrected chi connectivity index (χ1v) is 11.1. The van der Waals surface area contributed by atoms with Gasteiger partial charge in [-0.3, -0.25) is 0 Å². The SMILES string of the molecule is Clc1ccc(C=Cc2cc(N=C(c3ccccc3)c3ccccc3)cc3c2OCC3)cc1. The molecule has 0 spiro atoms. The van der Waals surface area contributed by atoms with Gasteiger partial charge in [-0.15, -0.1) is 0 Å². The van der Waals surface area contributed by atoms with Crippen LogP contribution in [0, 0.1) is 0 Å². The Labute approximate surface area is 193 Å². The number of hydrogen-bond acceptors (Lipinski definition) is 2. The molecule has 0 saturated heterocycles. The molecule has 0 fully saturated rings. The molecule has 0 aliphatic carbocycles. The summed E-state index contributed by atoms with van der Waals surface area (Å²) in [5.41, 5.74) is 7.38. The van der Waals surface area contributed by atoms with Crippen LogP contribution in [0.3, 0.4) is 0 Å². The Morgan fingerprint density at radius 2 is 1.44 bits per heavy atom. The molecule has 1 aliphatic heterocycles. The van der Waals surface area contributed by atoms with E-state index in [1.807, 2.05) is 60.7 Å². The average Bonchev–Trinajstić information content (AvgIpc) is 3.32. The molecule has 32 heavy (non-hydrogen) atoms. The van der Waals surface area contributed by atoms with E-state index in [9.17, 15) is 0 Å². The minimum absolute atomic E-state index is 0.703. The van der Waals surface area contributed by atoms with Gasteiger partial charge in [-0.05, 0) is 29.8 Å². The fourth-order valence-corrected chi connectivity index (χ4v) is 4.01. The maximum Gasteiger partial charge on any atom is 0.129 e. The molecule has 0 aromatic heterocycles. The van der Waals surface area contributed by atoms with Gasteiger partial charge in [0.15, 0.2) is 0 Å². The Bertz CT molecular complexity index is 1230. The molecule has 1 aliphatic rings. The quantitative estimate of drug-likeness (QED) is 0.233. The molecule has 4 aromatic rings. The largest absolute Gasteiger partial charge is 0.492 e. The third-order valence-corrected chi connectivity index (χ3v) is 5.71. The molecule has 5 rings (SSSR count). The van der Waals surface area contributed by atoms with Gasteiger partial charge in [0.25, 0.3) is 0 Å². The third kappa shape index (κ3) is 4.51. The molecule has 4 aromatic carbocycles. The van der Waals surface area contributed by atoms with E-state index in [1.165, 1.54) is 5.56 Å². The van der Waals surface area contributed by atoms with Crippen molar-refractivity contribution in [2.75, 3.05) is 6.61 Å². The summed E-state index contributed by atoms with van der Waals surface area (Å²) in [6.45, 7) is 0.703. The molecule has 0 bridgehead atoms. The summed E-state index contributed by atoms with van der Waals surface area (Å²) in [4.78, 5) is 5.11. The summed E-state index contributed by atoms with van der Waals surface area (Å²) in [6.07, 6.45) is 5.07. The number of fused-ring (bicyclic) bond motifs is 1. The normalized spacial score (nSPS) is 12.4. The summed E-state index contributed by atoms with van der Waals surface area (Å²) in [7, 11) is 0.